The average Bonchev–Trinajstić information content (AvgIpc) is 2.84. The van der Waals surface area contributed by atoms with Gasteiger partial charge in [0.25, 0.3) is 0 Å². The zero-order valence-electron chi connectivity index (χ0n) is 22.3. The molecule has 0 bridgehead atoms. The Morgan fingerprint density at radius 1 is 0.938 bits per heavy atom. The fraction of sp³-hybridized carbons (Fsp3) is 0.741. The lowest BCUT2D eigenvalue weighted by atomic mass is 9.91. The van der Waals surface area contributed by atoms with E-state index >= 15 is 0 Å². The van der Waals surface area contributed by atoms with Crippen LogP contribution in [0, 0.1) is 11.8 Å². The predicted molar refractivity (Wildman–Crippen MR) is 136 cm³/mol. The van der Waals surface area contributed by atoms with Gasteiger partial charge in [0, 0.05) is 39.2 Å². The summed E-state index contributed by atoms with van der Waals surface area (Å²) in [5.74, 6) is 6.25. The highest BCUT2D eigenvalue weighted by Crippen LogP contribution is 2.30. The maximum Gasteiger partial charge on any atom is 0.123 e. The molecule has 1 aromatic rings. The number of ether oxygens (including phenoxy) is 3. The molecule has 0 spiro atoms. The summed E-state index contributed by atoms with van der Waals surface area (Å²) in [5.41, 5.74) is 1.50. The Bertz CT molecular complexity index is 652. The van der Waals surface area contributed by atoms with Gasteiger partial charge in [0.15, 0.2) is 0 Å². The molecule has 3 rings (SSSR count). The van der Waals surface area contributed by atoms with E-state index in [0.717, 1.165) is 44.5 Å². The molecule has 0 radical (unpaired) electrons. The first-order valence-corrected chi connectivity index (χ1v) is 12.5. The van der Waals surface area contributed by atoms with Crippen molar-refractivity contribution in [1.29, 1.82) is 0 Å². The van der Waals surface area contributed by atoms with E-state index in [9.17, 15) is 0 Å². The molecule has 2 aliphatic rings. The van der Waals surface area contributed by atoms with Crippen LogP contribution >= 0.6 is 0 Å². The van der Waals surface area contributed by atoms with E-state index in [1.54, 1.807) is 14.2 Å². The van der Waals surface area contributed by atoms with Crippen LogP contribution in [-0.2, 0) is 14.2 Å². The molecule has 5 nitrogen and oxygen atoms in total. The van der Waals surface area contributed by atoms with Crippen molar-refractivity contribution in [3.63, 3.8) is 0 Å². The summed E-state index contributed by atoms with van der Waals surface area (Å²) in [4.78, 5) is 6.76. The molecule has 1 saturated carbocycles. The summed E-state index contributed by atoms with van der Waals surface area (Å²) in [5, 5.41) is 0. The molecule has 1 aromatic heterocycles. The van der Waals surface area contributed by atoms with Crippen LogP contribution < -0.4 is 4.90 Å². The maximum atomic E-state index is 6.20. The van der Waals surface area contributed by atoms with Crippen molar-refractivity contribution in [2.75, 3.05) is 32.2 Å². The van der Waals surface area contributed by atoms with Gasteiger partial charge in [-0.05, 0) is 57.6 Å². The minimum absolute atomic E-state index is 0.373. The molecule has 0 unspecified atom stereocenters. The van der Waals surface area contributed by atoms with Crippen molar-refractivity contribution in [2.24, 2.45) is 0 Å². The second kappa shape index (κ2) is 16.9. The molecule has 2 heterocycles. The number of aromatic nitrogens is 1. The van der Waals surface area contributed by atoms with Gasteiger partial charge in [0.1, 0.15) is 11.3 Å². The third-order valence-corrected chi connectivity index (χ3v) is 5.32. The first kappa shape index (κ1) is 30.4. The van der Waals surface area contributed by atoms with E-state index < -0.39 is 5.60 Å². The number of hydrogen-bond acceptors (Lipinski definition) is 5. The van der Waals surface area contributed by atoms with Crippen molar-refractivity contribution in [1.82, 2.24) is 4.98 Å². The third-order valence-electron chi connectivity index (χ3n) is 5.32. The molecule has 184 valence electrons. The minimum atomic E-state index is -0.462. The Labute approximate surface area is 198 Å². The van der Waals surface area contributed by atoms with Gasteiger partial charge in [-0.2, -0.15) is 0 Å². The lowest BCUT2D eigenvalue weighted by molar-refractivity contribution is -0.119. The Kier molecular flexibility index (Phi) is 16.1. The lowest BCUT2D eigenvalue weighted by Crippen LogP contribution is -2.43. The number of pyridine rings is 1. The minimum Gasteiger partial charge on any atom is -0.381 e. The van der Waals surface area contributed by atoms with Crippen LogP contribution in [0.1, 0.15) is 86.8 Å². The van der Waals surface area contributed by atoms with Gasteiger partial charge in [-0.1, -0.05) is 47.5 Å². The molecule has 1 aliphatic carbocycles. The smallest absolute Gasteiger partial charge is 0.123 e. The number of anilines is 1. The Balaban J connectivity index is 0.00000148. The summed E-state index contributed by atoms with van der Waals surface area (Å²) in [6.45, 7) is 17.9. The second-order valence-electron chi connectivity index (χ2n) is 7.64. The van der Waals surface area contributed by atoms with Crippen molar-refractivity contribution in [3.8, 4) is 11.8 Å². The average molecular weight is 449 g/mol. The third kappa shape index (κ3) is 10.3. The van der Waals surface area contributed by atoms with Gasteiger partial charge in [-0.15, -0.1) is 0 Å². The van der Waals surface area contributed by atoms with E-state index in [1.807, 2.05) is 61.6 Å². The molecular formula is C27H48N2O3. The molecule has 0 N–H and O–H groups in total. The lowest BCUT2D eigenvalue weighted by Gasteiger charge is -2.40. The topological polar surface area (TPSA) is 43.8 Å². The Morgan fingerprint density at radius 2 is 1.53 bits per heavy atom. The first-order valence-electron chi connectivity index (χ1n) is 12.5. The van der Waals surface area contributed by atoms with Crippen LogP contribution in [0.5, 0.6) is 0 Å². The number of nitrogens with zero attached hydrogens (tertiary/aromatic N) is 2. The van der Waals surface area contributed by atoms with Crippen LogP contribution in [-0.4, -0.2) is 56.2 Å². The molecule has 1 saturated heterocycles. The van der Waals surface area contributed by atoms with Crippen molar-refractivity contribution in [2.45, 2.75) is 105 Å². The van der Waals surface area contributed by atoms with Crippen LogP contribution in [0.4, 0.5) is 5.69 Å². The zero-order chi connectivity index (χ0) is 24.6. The maximum absolute atomic E-state index is 6.20. The van der Waals surface area contributed by atoms with Gasteiger partial charge in [0.05, 0.1) is 18.3 Å². The summed E-state index contributed by atoms with van der Waals surface area (Å²) in [6.07, 6.45) is 7.21. The molecule has 1 aliphatic heterocycles. The highest BCUT2D eigenvalue weighted by atomic mass is 16.5. The summed E-state index contributed by atoms with van der Waals surface area (Å²) in [7, 11) is 3.45. The van der Waals surface area contributed by atoms with Crippen LogP contribution in [0.2, 0.25) is 0 Å². The highest BCUT2D eigenvalue weighted by Gasteiger charge is 2.32. The Morgan fingerprint density at radius 3 is 2.06 bits per heavy atom. The second-order valence-corrected chi connectivity index (χ2v) is 7.64. The van der Waals surface area contributed by atoms with Gasteiger partial charge in [-0.3, -0.25) is 0 Å². The molecule has 0 atom stereocenters. The number of hydrogen-bond donors (Lipinski definition) is 0. The first-order chi connectivity index (χ1) is 15.5. The van der Waals surface area contributed by atoms with Crippen LogP contribution in [0.25, 0.3) is 0 Å². The number of rotatable bonds is 5. The normalized spacial score (nSPS) is 20.0. The van der Waals surface area contributed by atoms with Crippen molar-refractivity contribution in [3.05, 3.63) is 24.0 Å². The monoisotopic (exact) mass is 448 g/mol. The van der Waals surface area contributed by atoms with Gasteiger partial charge in [0.2, 0.25) is 0 Å². The number of methoxy groups -OCH3 is 2. The molecule has 5 heteroatoms. The SMILES string of the molecule is CC.CC.CC.COC1CC(OC2CCN(c3ccnc(C#CC(C)(C)OC)c3)CC2)C1. The van der Waals surface area contributed by atoms with E-state index in [4.69, 9.17) is 14.2 Å². The predicted octanol–water partition coefficient (Wildman–Crippen LogP) is 6.10. The van der Waals surface area contributed by atoms with Crippen LogP contribution in [0.15, 0.2) is 18.3 Å². The van der Waals surface area contributed by atoms with Crippen molar-refractivity contribution >= 4 is 5.69 Å². The largest absolute Gasteiger partial charge is 0.381 e. The summed E-state index contributed by atoms with van der Waals surface area (Å²) >= 11 is 0. The Hall–Kier alpha value is -1.61. The van der Waals surface area contributed by atoms with E-state index in [2.05, 4.69) is 33.9 Å². The molecule has 0 aromatic carbocycles. The highest BCUT2D eigenvalue weighted by molar-refractivity contribution is 5.50. The zero-order valence-corrected chi connectivity index (χ0v) is 22.3. The summed E-state index contributed by atoms with van der Waals surface area (Å²) in [6, 6.07) is 4.12. The van der Waals surface area contributed by atoms with E-state index in [1.165, 1.54) is 5.69 Å². The van der Waals surface area contributed by atoms with Gasteiger partial charge in [-0.25, -0.2) is 4.98 Å². The van der Waals surface area contributed by atoms with Gasteiger partial charge >= 0.3 is 0 Å². The summed E-state index contributed by atoms with van der Waals surface area (Å²) < 4.78 is 16.9. The fourth-order valence-corrected chi connectivity index (χ4v) is 3.29. The standard InChI is InChI=1S/C21H30N2O3.3C2H6/c1-21(2,25-4)9-5-16-13-17(6-10-22-16)23-11-7-18(8-12-23)26-20-14-19(15-20)24-3;3*1-2/h6,10,13,18-20H,7-8,11-12,14-15H2,1-4H3;3*1-2H3. The molecule has 2 fully saturated rings. The molecule has 32 heavy (non-hydrogen) atoms. The van der Waals surface area contributed by atoms with E-state index in [-0.39, 0.29) is 0 Å². The van der Waals surface area contributed by atoms with E-state index in [0.29, 0.717) is 18.3 Å². The van der Waals surface area contributed by atoms with Crippen LogP contribution in [0.3, 0.4) is 0 Å². The van der Waals surface area contributed by atoms with Crippen molar-refractivity contribution < 1.29 is 14.2 Å². The number of piperidine rings is 1. The molecule has 0 amide bonds. The molecular weight excluding hydrogens is 400 g/mol. The van der Waals surface area contributed by atoms with Gasteiger partial charge < -0.3 is 19.1 Å². The quantitative estimate of drug-likeness (QED) is 0.509. The fourth-order valence-electron chi connectivity index (χ4n) is 3.29.